The van der Waals surface area contributed by atoms with E-state index in [1.54, 1.807) is 6.92 Å². The first-order chi connectivity index (χ1) is 9.55. The van der Waals surface area contributed by atoms with Gasteiger partial charge in [0.15, 0.2) is 0 Å². The lowest BCUT2D eigenvalue weighted by Gasteiger charge is -2.24. The third kappa shape index (κ3) is 2.57. The van der Waals surface area contributed by atoms with Crippen LogP contribution in [0.3, 0.4) is 0 Å². The molecule has 0 aliphatic carbocycles. The van der Waals surface area contributed by atoms with Crippen molar-refractivity contribution in [1.29, 1.82) is 5.26 Å². The number of nitrogens with zero attached hydrogens (tertiary/aromatic N) is 1. The number of carbonyl (C=O) groups is 1. The first kappa shape index (κ1) is 15.0. The molecule has 2 rings (SSSR count). The normalized spacial score (nSPS) is 16.9. The summed E-state index contributed by atoms with van der Waals surface area (Å²) in [4.78, 5) is 13.5. The number of nitrogens with one attached hydrogen (secondary N) is 2. The Morgan fingerprint density at radius 1 is 1.65 bits per heavy atom. The van der Waals surface area contributed by atoms with Gasteiger partial charge in [-0.3, -0.25) is 4.79 Å². The molecular formula is C14H19N3O2S. The fourth-order valence-electron chi connectivity index (χ4n) is 2.17. The van der Waals surface area contributed by atoms with Crippen LogP contribution in [-0.4, -0.2) is 25.2 Å². The molecule has 1 aliphatic heterocycles. The molecule has 2 N–H and O–H groups in total. The largest absolute Gasteiger partial charge is 0.369 e. The molecule has 0 aromatic carbocycles. The summed E-state index contributed by atoms with van der Waals surface area (Å²) in [6.07, 6.45) is 1.41. The number of rotatable bonds is 4. The zero-order valence-corrected chi connectivity index (χ0v) is 12.8. The lowest BCUT2D eigenvalue weighted by molar-refractivity contribution is -0.136. The molecule has 1 aliphatic rings. The number of ether oxygens (including phenoxy) is 1. The molecule has 108 valence electrons. The maximum atomic E-state index is 12.3. The molecule has 0 radical (unpaired) electrons. The van der Waals surface area contributed by atoms with E-state index in [0.29, 0.717) is 17.0 Å². The number of hydrogen-bond donors (Lipinski definition) is 2. The van der Waals surface area contributed by atoms with Gasteiger partial charge in [-0.2, -0.15) is 5.26 Å². The van der Waals surface area contributed by atoms with E-state index < -0.39 is 5.60 Å². The van der Waals surface area contributed by atoms with Crippen LogP contribution in [0.25, 0.3) is 0 Å². The standard InChI is InChI=1S/C14H19N3O2S/c1-4-14(2,19-3)13(18)17-12-10(7-15)9-5-6-16-8-11(9)20-12/h16H,4-6,8H2,1-3H3,(H,17,18). The van der Waals surface area contributed by atoms with Crippen molar-refractivity contribution in [3.63, 3.8) is 0 Å². The van der Waals surface area contributed by atoms with Crippen LogP contribution < -0.4 is 10.6 Å². The third-order valence-electron chi connectivity index (χ3n) is 3.87. The number of nitriles is 1. The molecule has 6 heteroatoms. The highest BCUT2D eigenvalue weighted by Gasteiger charge is 2.32. The molecule has 0 spiro atoms. The van der Waals surface area contributed by atoms with E-state index in [-0.39, 0.29) is 5.91 Å². The Hall–Kier alpha value is -1.42. The van der Waals surface area contributed by atoms with Gasteiger partial charge in [-0.15, -0.1) is 11.3 Å². The van der Waals surface area contributed by atoms with Gasteiger partial charge in [-0.05, 0) is 31.9 Å². The first-order valence-corrected chi connectivity index (χ1v) is 7.49. The fraction of sp³-hybridized carbons (Fsp3) is 0.571. The molecular weight excluding hydrogens is 274 g/mol. The number of anilines is 1. The molecule has 0 fully saturated rings. The summed E-state index contributed by atoms with van der Waals surface area (Å²) < 4.78 is 5.29. The van der Waals surface area contributed by atoms with Crippen LogP contribution in [0.5, 0.6) is 0 Å². The Balaban J connectivity index is 2.28. The molecule has 1 aromatic heterocycles. The number of hydrogen-bond acceptors (Lipinski definition) is 5. The van der Waals surface area contributed by atoms with E-state index in [4.69, 9.17) is 4.74 Å². The van der Waals surface area contributed by atoms with Gasteiger partial charge in [0.25, 0.3) is 5.91 Å². The Labute approximate surface area is 122 Å². The summed E-state index contributed by atoms with van der Waals surface area (Å²) in [6.45, 7) is 5.29. The van der Waals surface area contributed by atoms with Crippen molar-refractivity contribution in [3.05, 3.63) is 16.0 Å². The van der Waals surface area contributed by atoms with E-state index in [2.05, 4.69) is 16.7 Å². The van der Waals surface area contributed by atoms with Gasteiger partial charge >= 0.3 is 0 Å². The molecule has 1 amide bonds. The van der Waals surface area contributed by atoms with Crippen molar-refractivity contribution in [2.24, 2.45) is 0 Å². The lowest BCUT2D eigenvalue weighted by Crippen LogP contribution is -2.41. The monoisotopic (exact) mass is 293 g/mol. The van der Waals surface area contributed by atoms with Crippen LogP contribution in [0.1, 0.15) is 36.3 Å². The summed E-state index contributed by atoms with van der Waals surface area (Å²) >= 11 is 1.48. The Morgan fingerprint density at radius 2 is 2.40 bits per heavy atom. The van der Waals surface area contributed by atoms with Gasteiger partial charge in [0.1, 0.15) is 16.7 Å². The molecule has 1 unspecified atom stereocenters. The van der Waals surface area contributed by atoms with Crippen LogP contribution in [0.15, 0.2) is 0 Å². The Morgan fingerprint density at radius 3 is 3.00 bits per heavy atom. The predicted octanol–water partition coefficient (Wildman–Crippen LogP) is 2.02. The second-order valence-corrected chi connectivity index (χ2v) is 6.09. The van der Waals surface area contributed by atoms with Gasteiger partial charge in [-0.25, -0.2) is 0 Å². The van der Waals surface area contributed by atoms with E-state index in [9.17, 15) is 10.1 Å². The predicted molar refractivity (Wildman–Crippen MR) is 78.8 cm³/mol. The molecule has 1 atom stereocenters. The molecule has 0 saturated heterocycles. The SMILES string of the molecule is CCC(C)(OC)C(=O)Nc1sc2c(c1C#N)CCNC2. The molecule has 20 heavy (non-hydrogen) atoms. The van der Waals surface area contributed by atoms with Crippen molar-refractivity contribution >= 4 is 22.2 Å². The minimum atomic E-state index is -0.866. The summed E-state index contributed by atoms with van der Waals surface area (Å²) in [5.41, 5.74) is 0.812. The van der Waals surface area contributed by atoms with Gasteiger partial charge in [0, 0.05) is 18.5 Å². The fourth-order valence-corrected chi connectivity index (χ4v) is 3.34. The van der Waals surface area contributed by atoms with Gasteiger partial charge in [-0.1, -0.05) is 6.92 Å². The number of methoxy groups -OCH3 is 1. The highest BCUT2D eigenvalue weighted by Crippen LogP contribution is 2.35. The van der Waals surface area contributed by atoms with E-state index in [1.807, 2.05) is 6.92 Å². The van der Waals surface area contributed by atoms with E-state index in [0.717, 1.165) is 30.0 Å². The molecule has 1 aromatic rings. The van der Waals surface area contributed by atoms with Crippen molar-refractivity contribution in [2.45, 2.75) is 38.8 Å². The van der Waals surface area contributed by atoms with Crippen molar-refractivity contribution < 1.29 is 9.53 Å². The van der Waals surface area contributed by atoms with Crippen LogP contribution in [0.4, 0.5) is 5.00 Å². The number of amides is 1. The minimum absolute atomic E-state index is 0.203. The first-order valence-electron chi connectivity index (χ1n) is 6.67. The lowest BCUT2D eigenvalue weighted by atomic mass is 10.0. The van der Waals surface area contributed by atoms with Crippen molar-refractivity contribution in [3.8, 4) is 6.07 Å². The maximum absolute atomic E-state index is 12.3. The average Bonchev–Trinajstić information content (AvgIpc) is 2.83. The van der Waals surface area contributed by atoms with Crippen LogP contribution in [-0.2, 0) is 22.5 Å². The second kappa shape index (κ2) is 5.92. The molecule has 0 saturated carbocycles. The van der Waals surface area contributed by atoms with Crippen LogP contribution in [0.2, 0.25) is 0 Å². The van der Waals surface area contributed by atoms with Crippen molar-refractivity contribution in [1.82, 2.24) is 5.32 Å². The zero-order valence-electron chi connectivity index (χ0n) is 12.0. The van der Waals surface area contributed by atoms with Crippen LogP contribution >= 0.6 is 11.3 Å². The Kier molecular flexibility index (Phi) is 4.43. The summed E-state index contributed by atoms with van der Waals surface area (Å²) in [7, 11) is 1.53. The molecule has 0 bridgehead atoms. The maximum Gasteiger partial charge on any atom is 0.256 e. The van der Waals surface area contributed by atoms with Gasteiger partial charge in [0.2, 0.25) is 0 Å². The number of thiophene rings is 1. The molecule has 5 nitrogen and oxygen atoms in total. The quantitative estimate of drug-likeness (QED) is 0.890. The van der Waals surface area contributed by atoms with Crippen LogP contribution in [0, 0.1) is 11.3 Å². The average molecular weight is 293 g/mol. The van der Waals surface area contributed by atoms with Gasteiger partial charge in [0.05, 0.1) is 5.56 Å². The summed E-state index contributed by atoms with van der Waals surface area (Å²) in [5.74, 6) is -0.203. The van der Waals surface area contributed by atoms with Gasteiger partial charge < -0.3 is 15.4 Å². The summed E-state index contributed by atoms with van der Waals surface area (Å²) in [6, 6.07) is 2.22. The Bertz CT molecular complexity index is 556. The number of fused-ring (bicyclic) bond motifs is 1. The van der Waals surface area contributed by atoms with Crippen molar-refractivity contribution in [2.75, 3.05) is 19.0 Å². The summed E-state index contributed by atoms with van der Waals surface area (Å²) in [5, 5.41) is 16.1. The smallest absolute Gasteiger partial charge is 0.256 e. The zero-order chi connectivity index (χ0) is 14.8. The van der Waals surface area contributed by atoms with E-state index in [1.165, 1.54) is 18.4 Å². The third-order valence-corrected chi connectivity index (χ3v) is 5.02. The molecule has 2 heterocycles. The minimum Gasteiger partial charge on any atom is -0.369 e. The second-order valence-electron chi connectivity index (χ2n) is 4.99. The highest BCUT2D eigenvalue weighted by molar-refractivity contribution is 7.16. The topological polar surface area (TPSA) is 74.1 Å². The highest BCUT2D eigenvalue weighted by atomic mass is 32.1. The van der Waals surface area contributed by atoms with E-state index >= 15 is 0 Å². The number of carbonyl (C=O) groups excluding carboxylic acids is 1.